The van der Waals surface area contributed by atoms with Crippen molar-refractivity contribution in [1.29, 1.82) is 0 Å². The topological polar surface area (TPSA) is 58.5 Å². The third-order valence-corrected chi connectivity index (χ3v) is 5.20. The third kappa shape index (κ3) is 3.80. The highest BCUT2D eigenvalue weighted by Gasteiger charge is 2.13. The molecule has 0 saturated carbocycles. The molecule has 0 aliphatic heterocycles. The van der Waals surface area contributed by atoms with Crippen molar-refractivity contribution < 1.29 is 8.42 Å². The molecule has 116 valence electrons. The Morgan fingerprint density at radius 1 is 1.09 bits per heavy atom. The average Bonchev–Trinajstić information content (AvgIpc) is 2.46. The van der Waals surface area contributed by atoms with Crippen molar-refractivity contribution >= 4 is 39.4 Å². The molecule has 4 nitrogen and oxygen atoms in total. The summed E-state index contributed by atoms with van der Waals surface area (Å²) in [6.45, 7) is 3.77. The fraction of sp³-hybridized carbons (Fsp3) is 0.133. The molecular weight excluding hydrogens is 343 g/mol. The second kappa shape index (κ2) is 6.69. The number of hydrogen-bond acceptors (Lipinski definition) is 3. The summed E-state index contributed by atoms with van der Waals surface area (Å²) in [5.41, 5.74) is 2.44. The summed E-state index contributed by atoms with van der Waals surface area (Å²) >= 11 is 11.9. The van der Waals surface area contributed by atoms with E-state index in [2.05, 4.69) is 9.93 Å². The maximum absolute atomic E-state index is 12.2. The van der Waals surface area contributed by atoms with E-state index < -0.39 is 10.0 Å². The lowest BCUT2D eigenvalue weighted by Gasteiger charge is -2.06. The fourth-order valence-electron chi connectivity index (χ4n) is 1.72. The summed E-state index contributed by atoms with van der Waals surface area (Å²) in [5.74, 6) is 0. The average molecular weight is 357 g/mol. The first-order chi connectivity index (χ1) is 10.3. The first kappa shape index (κ1) is 16.8. The van der Waals surface area contributed by atoms with Gasteiger partial charge >= 0.3 is 0 Å². The van der Waals surface area contributed by atoms with Gasteiger partial charge in [-0.3, -0.25) is 0 Å². The number of aryl methyl sites for hydroxylation is 2. The van der Waals surface area contributed by atoms with Gasteiger partial charge in [-0.05, 0) is 43.2 Å². The van der Waals surface area contributed by atoms with Crippen LogP contribution < -0.4 is 4.83 Å². The molecule has 0 fully saturated rings. The van der Waals surface area contributed by atoms with Crippen molar-refractivity contribution in [3.05, 3.63) is 63.1 Å². The van der Waals surface area contributed by atoms with E-state index in [-0.39, 0.29) is 4.90 Å². The Morgan fingerprint density at radius 2 is 1.82 bits per heavy atom. The van der Waals surface area contributed by atoms with Gasteiger partial charge in [-0.25, -0.2) is 4.83 Å². The van der Waals surface area contributed by atoms with Crippen LogP contribution in [0.4, 0.5) is 0 Å². The molecule has 0 amide bonds. The van der Waals surface area contributed by atoms with Crippen LogP contribution in [0.1, 0.15) is 16.7 Å². The first-order valence-electron chi connectivity index (χ1n) is 6.37. The van der Waals surface area contributed by atoms with Crippen LogP contribution in [0.15, 0.2) is 46.4 Å². The van der Waals surface area contributed by atoms with E-state index in [0.717, 1.165) is 11.1 Å². The monoisotopic (exact) mass is 356 g/mol. The van der Waals surface area contributed by atoms with E-state index in [4.69, 9.17) is 23.2 Å². The van der Waals surface area contributed by atoms with Crippen LogP contribution in [-0.2, 0) is 10.0 Å². The minimum atomic E-state index is -3.72. The molecule has 0 unspecified atom stereocenters. The van der Waals surface area contributed by atoms with Crippen molar-refractivity contribution in [2.24, 2.45) is 5.10 Å². The number of sulfonamides is 1. The molecule has 7 heteroatoms. The van der Waals surface area contributed by atoms with Gasteiger partial charge in [0.05, 0.1) is 21.2 Å². The highest BCUT2D eigenvalue weighted by Crippen LogP contribution is 2.24. The zero-order valence-corrected chi connectivity index (χ0v) is 14.3. The molecule has 0 aromatic heterocycles. The third-order valence-electron chi connectivity index (χ3n) is 3.15. The molecule has 0 bridgehead atoms. The Morgan fingerprint density at radius 3 is 2.50 bits per heavy atom. The molecule has 0 spiro atoms. The lowest BCUT2D eigenvalue weighted by atomic mass is 10.1. The minimum absolute atomic E-state index is 0.157. The Bertz CT molecular complexity index is 833. The minimum Gasteiger partial charge on any atom is -0.200 e. The number of nitrogens with zero attached hydrogens (tertiary/aromatic N) is 1. The normalized spacial score (nSPS) is 11.8. The van der Waals surface area contributed by atoms with Crippen LogP contribution in [0.25, 0.3) is 0 Å². The number of nitrogens with one attached hydrogen (secondary N) is 1. The number of benzene rings is 2. The van der Waals surface area contributed by atoms with Crippen molar-refractivity contribution in [2.75, 3.05) is 0 Å². The van der Waals surface area contributed by atoms with Crippen LogP contribution >= 0.6 is 23.2 Å². The number of rotatable bonds is 4. The van der Waals surface area contributed by atoms with Gasteiger partial charge in [0.2, 0.25) is 0 Å². The quantitative estimate of drug-likeness (QED) is 0.666. The van der Waals surface area contributed by atoms with Crippen LogP contribution in [0.3, 0.4) is 0 Å². The first-order valence-corrected chi connectivity index (χ1v) is 8.61. The molecular formula is C15H14Cl2N2O2S. The maximum atomic E-state index is 12.2. The Labute approximate surface area is 139 Å². The molecule has 0 heterocycles. The predicted molar refractivity (Wildman–Crippen MR) is 90.3 cm³/mol. The molecule has 0 radical (unpaired) electrons. The van der Waals surface area contributed by atoms with Crippen molar-refractivity contribution in [3.8, 4) is 0 Å². The maximum Gasteiger partial charge on any atom is 0.276 e. The summed E-state index contributed by atoms with van der Waals surface area (Å²) in [5, 5.41) is 4.43. The van der Waals surface area contributed by atoms with Crippen molar-refractivity contribution in [3.63, 3.8) is 0 Å². The molecule has 2 rings (SSSR count). The SMILES string of the molecule is Cc1ccc(S(=O)(=O)N/N=C/c2cccc(Cl)c2Cl)cc1C. The van der Waals surface area contributed by atoms with Crippen molar-refractivity contribution in [2.45, 2.75) is 18.7 Å². The van der Waals surface area contributed by atoms with E-state index in [1.165, 1.54) is 12.3 Å². The molecule has 0 saturated heterocycles. The van der Waals surface area contributed by atoms with Gasteiger partial charge in [-0.1, -0.05) is 41.4 Å². The Kier molecular flexibility index (Phi) is 5.11. The van der Waals surface area contributed by atoms with Gasteiger partial charge < -0.3 is 0 Å². The van der Waals surface area contributed by atoms with Crippen LogP contribution in [0, 0.1) is 13.8 Å². The number of hydrogen-bond donors (Lipinski definition) is 1. The molecule has 1 N–H and O–H groups in total. The van der Waals surface area contributed by atoms with E-state index in [1.54, 1.807) is 30.3 Å². The van der Waals surface area contributed by atoms with Crippen LogP contribution in [-0.4, -0.2) is 14.6 Å². The Hall–Kier alpha value is -1.56. The molecule has 0 aliphatic carbocycles. The lowest BCUT2D eigenvalue weighted by Crippen LogP contribution is -2.18. The van der Waals surface area contributed by atoms with Gasteiger partial charge in [0.25, 0.3) is 10.0 Å². The fourth-order valence-corrected chi connectivity index (χ4v) is 2.95. The largest absolute Gasteiger partial charge is 0.276 e. The lowest BCUT2D eigenvalue weighted by molar-refractivity contribution is 0.584. The summed E-state index contributed by atoms with van der Waals surface area (Å²) in [6, 6.07) is 9.91. The van der Waals surface area contributed by atoms with Gasteiger partial charge in [-0.2, -0.15) is 13.5 Å². The number of hydrazone groups is 1. The Balaban J connectivity index is 2.20. The van der Waals surface area contributed by atoms with Crippen molar-refractivity contribution in [1.82, 2.24) is 4.83 Å². The standard InChI is InChI=1S/C15H14Cl2N2O2S/c1-10-6-7-13(8-11(10)2)22(20,21)19-18-9-12-4-3-5-14(16)15(12)17/h3-9,19H,1-2H3/b18-9+. The van der Waals surface area contributed by atoms with E-state index >= 15 is 0 Å². The summed E-state index contributed by atoms with van der Waals surface area (Å²) < 4.78 is 24.3. The van der Waals surface area contributed by atoms with Gasteiger partial charge in [0, 0.05) is 5.56 Å². The number of halogens is 2. The second-order valence-corrected chi connectivity index (χ2v) is 7.19. The molecule has 0 aliphatic rings. The van der Waals surface area contributed by atoms with E-state index in [1.807, 2.05) is 13.8 Å². The highest BCUT2D eigenvalue weighted by atomic mass is 35.5. The summed E-state index contributed by atoms with van der Waals surface area (Å²) in [6.07, 6.45) is 1.31. The van der Waals surface area contributed by atoms with Crippen LogP contribution in [0.2, 0.25) is 10.0 Å². The summed E-state index contributed by atoms with van der Waals surface area (Å²) in [4.78, 5) is 2.31. The molecule has 0 atom stereocenters. The van der Waals surface area contributed by atoms with Gasteiger partial charge in [0.15, 0.2) is 0 Å². The smallest absolute Gasteiger partial charge is 0.200 e. The van der Waals surface area contributed by atoms with Gasteiger partial charge in [0.1, 0.15) is 0 Å². The highest BCUT2D eigenvalue weighted by molar-refractivity contribution is 7.89. The van der Waals surface area contributed by atoms with Gasteiger partial charge in [-0.15, -0.1) is 0 Å². The second-order valence-electron chi connectivity index (χ2n) is 4.74. The summed E-state index contributed by atoms with van der Waals surface area (Å²) in [7, 11) is -3.72. The molecule has 2 aromatic rings. The van der Waals surface area contributed by atoms with E-state index in [0.29, 0.717) is 15.6 Å². The zero-order valence-electron chi connectivity index (χ0n) is 12.0. The van der Waals surface area contributed by atoms with E-state index in [9.17, 15) is 8.42 Å². The zero-order chi connectivity index (χ0) is 16.3. The molecule has 2 aromatic carbocycles. The van der Waals surface area contributed by atoms with Crippen LogP contribution in [0.5, 0.6) is 0 Å². The predicted octanol–water partition coefficient (Wildman–Crippen LogP) is 3.92. The molecule has 22 heavy (non-hydrogen) atoms.